The smallest absolute Gasteiger partial charge is 0.259 e. The number of thioether (sulfide) groups is 1. The van der Waals surface area contributed by atoms with E-state index in [9.17, 15) is 4.79 Å². The van der Waals surface area contributed by atoms with Gasteiger partial charge < -0.3 is 9.84 Å². The first-order chi connectivity index (χ1) is 14.6. The summed E-state index contributed by atoms with van der Waals surface area (Å²) in [6.45, 7) is 4.02. The van der Waals surface area contributed by atoms with Crippen LogP contribution in [0.2, 0.25) is 0 Å². The Kier molecular flexibility index (Phi) is 5.90. The number of hydrogen-bond donors (Lipinski definition) is 1. The van der Waals surface area contributed by atoms with Gasteiger partial charge >= 0.3 is 0 Å². The lowest BCUT2D eigenvalue weighted by Crippen LogP contribution is -2.15. The molecule has 0 saturated heterocycles. The molecule has 6 nitrogen and oxygen atoms in total. The van der Waals surface area contributed by atoms with Gasteiger partial charge in [0.25, 0.3) is 5.89 Å². The lowest BCUT2D eigenvalue weighted by molar-refractivity contribution is -0.113. The molecular weight excluding hydrogens is 396 g/mol. The van der Waals surface area contributed by atoms with Crippen LogP contribution in [-0.4, -0.2) is 26.8 Å². The Labute approximate surface area is 178 Å². The zero-order chi connectivity index (χ0) is 20.9. The number of benzene rings is 2. The lowest BCUT2D eigenvalue weighted by atomic mass is 10.1. The number of pyridine rings is 1. The molecular formula is C23H20N4O2S. The monoisotopic (exact) mass is 416 g/mol. The summed E-state index contributed by atoms with van der Waals surface area (Å²) < 4.78 is 5.36. The summed E-state index contributed by atoms with van der Waals surface area (Å²) in [5.74, 6) is 1.15. The van der Waals surface area contributed by atoms with Crippen LogP contribution in [0, 0.1) is 13.8 Å². The minimum Gasteiger partial charge on any atom is -0.334 e. The summed E-state index contributed by atoms with van der Waals surface area (Å²) in [6.07, 6.45) is 1.67. The fraction of sp³-hybridized carbons (Fsp3) is 0.130. The fourth-order valence-corrected chi connectivity index (χ4v) is 3.49. The number of carbonyl (C=O) groups is 1. The topological polar surface area (TPSA) is 80.9 Å². The molecule has 1 N–H and O–H groups in total. The number of aryl methyl sites for hydroxylation is 1. The number of carbonyl (C=O) groups excluding carboxylic acids is 1. The molecule has 0 radical (unpaired) electrons. The fourth-order valence-electron chi connectivity index (χ4n) is 2.85. The Morgan fingerprint density at radius 3 is 2.60 bits per heavy atom. The Hall–Kier alpha value is -3.45. The molecule has 0 saturated carbocycles. The molecule has 0 aliphatic rings. The molecule has 2 aromatic heterocycles. The second-order valence-corrected chi connectivity index (χ2v) is 7.75. The van der Waals surface area contributed by atoms with Gasteiger partial charge in [-0.05, 0) is 43.2 Å². The van der Waals surface area contributed by atoms with Crippen molar-refractivity contribution >= 4 is 23.4 Å². The van der Waals surface area contributed by atoms with Crippen LogP contribution in [0.5, 0.6) is 0 Å². The molecule has 0 spiro atoms. The minimum atomic E-state index is -0.0658. The quantitative estimate of drug-likeness (QED) is 0.438. The van der Waals surface area contributed by atoms with Gasteiger partial charge in [-0.15, -0.1) is 0 Å². The van der Waals surface area contributed by atoms with Crippen LogP contribution in [0.15, 0.2) is 76.4 Å². The standard InChI is InChI=1S/C23H20N4O2S/c1-15-7-6-10-19(16(15)2)25-20(28)14-30-21-12-11-18(13-24-21)23-26-22(27-29-23)17-8-4-3-5-9-17/h3-13H,14H2,1-2H3,(H,25,28). The van der Waals surface area contributed by atoms with Crippen molar-refractivity contribution in [1.29, 1.82) is 0 Å². The Bertz CT molecular complexity index is 1160. The van der Waals surface area contributed by atoms with Crippen molar-refractivity contribution in [3.8, 4) is 22.8 Å². The molecule has 0 unspecified atom stereocenters. The van der Waals surface area contributed by atoms with E-state index in [1.54, 1.807) is 6.20 Å². The summed E-state index contributed by atoms with van der Waals surface area (Å²) in [4.78, 5) is 21.1. The van der Waals surface area contributed by atoms with Crippen LogP contribution >= 0.6 is 11.8 Å². The van der Waals surface area contributed by atoms with Crippen molar-refractivity contribution in [1.82, 2.24) is 15.1 Å². The molecule has 30 heavy (non-hydrogen) atoms. The van der Waals surface area contributed by atoms with Crippen molar-refractivity contribution in [2.75, 3.05) is 11.1 Å². The highest BCUT2D eigenvalue weighted by Crippen LogP contribution is 2.24. The van der Waals surface area contributed by atoms with Crippen molar-refractivity contribution in [2.24, 2.45) is 0 Å². The zero-order valence-corrected chi connectivity index (χ0v) is 17.4. The summed E-state index contributed by atoms with van der Waals surface area (Å²) >= 11 is 1.37. The maximum atomic E-state index is 12.3. The summed E-state index contributed by atoms with van der Waals surface area (Å²) in [7, 11) is 0. The molecule has 0 aliphatic carbocycles. The van der Waals surface area contributed by atoms with Gasteiger partial charge in [0.05, 0.1) is 16.3 Å². The van der Waals surface area contributed by atoms with E-state index in [2.05, 4.69) is 20.4 Å². The number of nitrogens with one attached hydrogen (secondary N) is 1. The van der Waals surface area contributed by atoms with Crippen molar-refractivity contribution in [3.05, 3.63) is 78.0 Å². The van der Waals surface area contributed by atoms with E-state index in [0.717, 1.165) is 33.0 Å². The number of nitrogens with zero attached hydrogens (tertiary/aromatic N) is 3. The molecule has 1 amide bonds. The summed E-state index contributed by atoms with van der Waals surface area (Å²) in [6, 6.07) is 19.2. The largest absolute Gasteiger partial charge is 0.334 e. The Morgan fingerprint density at radius 2 is 1.83 bits per heavy atom. The van der Waals surface area contributed by atoms with Crippen LogP contribution in [-0.2, 0) is 4.79 Å². The number of aromatic nitrogens is 3. The summed E-state index contributed by atoms with van der Waals surface area (Å²) in [5, 5.41) is 7.73. The molecule has 4 aromatic rings. The molecule has 0 bridgehead atoms. The number of amides is 1. The normalized spacial score (nSPS) is 10.7. The zero-order valence-electron chi connectivity index (χ0n) is 16.6. The van der Waals surface area contributed by atoms with Gasteiger partial charge in [-0.25, -0.2) is 4.98 Å². The SMILES string of the molecule is Cc1cccc(NC(=O)CSc2ccc(-c3nc(-c4ccccc4)no3)cn2)c1C. The van der Waals surface area contributed by atoms with Crippen molar-refractivity contribution in [3.63, 3.8) is 0 Å². The van der Waals surface area contributed by atoms with E-state index >= 15 is 0 Å². The first-order valence-corrected chi connectivity index (χ1v) is 10.4. The molecule has 150 valence electrons. The predicted octanol–water partition coefficient (Wildman–Crippen LogP) is 5.15. The van der Waals surface area contributed by atoms with Crippen LogP contribution in [0.3, 0.4) is 0 Å². The van der Waals surface area contributed by atoms with E-state index in [1.807, 2.05) is 74.5 Å². The third-order valence-electron chi connectivity index (χ3n) is 4.67. The minimum absolute atomic E-state index is 0.0658. The molecule has 0 fully saturated rings. The van der Waals surface area contributed by atoms with Crippen LogP contribution in [0.1, 0.15) is 11.1 Å². The average Bonchev–Trinajstić information content (AvgIpc) is 3.27. The maximum Gasteiger partial charge on any atom is 0.259 e. The second kappa shape index (κ2) is 8.92. The van der Waals surface area contributed by atoms with Gasteiger partial charge in [0, 0.05) is 17.4 Å². The Balaban J connectivity index is 1.37. The van der Waals surface area contributed by atoms with E-state index in [0.29, 0.717) is 11.7 Å². The lowest BCUT2D eigenvalue weighted by Gasteiger charge is -2.10. The van der Waals surface area contributed by atoms with Gasteiger partial charge in [-0.1, -0.05) is 59.4 Å². The van der Waals surface area contributed by atoms with E-state index in [4.69, 9.17) is 4.52 Å². The first-order valence-electron chi connectivity index (χ1n) is 9.44. The molecule has 7 heteroatoms. The van der Waals surface area contributed by atoms with Crippen molar-refractivity contribution in [2.45, 2.75) is 18.9 Å². The van der Waals surface area contributed by atoms with Gasteiger partial charge in [0.1, 0.15) is 0 Å². The van der Waals surface area contributed by atoms with Gasteiger partial charge in [-0.2, -0.15) is 4.98 Å². The number of hydrogen-bond acceptors (Lipinski definition) is 6. The van der Waals surface area contributed by atoms with Crippen LogP contribution in [0.25, 0.3) is 22.8 Å². The number of anilines is 1. The molecule has 0 atom stereocenters. The highest BCUT2D eigenvalue weighted by atomic mass is 32.2. The maximum absolute atomic E-state index is 12.3. The van der Waals surface area contributed by atoms with Gasteiger partial charge in [0.2, 0.25) is 11.7 Å². The van der Waals surface area contributed by atoms with E-state index in [1.165, 1.54) is 11.8 Å². The molecule has 2 aromatic carbocycles. The van der Waals surface area contributed by atoms with E-state index in [-0.39, 0.29) is 11.7 Å². The third-order valence-corrected chi connectivity index (χ3v) is 5.61. The Morgan fingerprint density at radius 1 is 1.00 bits per heavy atom. The third kappa shape index (κ3) is 4.58. The molecule has 2 heterocycles. The summed E-state index contributed by atoms with van der Waals surface area (Å²) in [5.41, 5.74) is 4.69. The highest BCUT2D eigenvalue weighted by molar-refractivity contribution is 7.99. The predicted molar refractivity (Wildman–Crippen MR) is 118 cm³/mol. The molecule has 0 aliphatic heterocycles. The average molecular weight is 417 g/mol. The first kappa shape index (κ1) is 19.8. The number of rotatable bonds is 6. The van der Waals surface area contributed by atoms with Crippen LogP contribution < -0.4 is 5.32 Å². The van der Waals surface area contributed by atoms with Crippen LogP contribution in [0.4, 0.5) is 5.69 Å². The highest BCUT2D eigenvalue weighted by Gasteiger charge is 2.12. The molecule has 4 rings (SSSR count). The second-order valence-electron chi connectivity index (χ2n) is 6.76. The van der Waals surface area contributed by atoms with E-state index < -0.39 is 0 Å². The van der Waals surface area contributed by atoms with Crippen molar-refractivity contribution < 1.29 is 9.32 Å². The van der Waals surface area contributed by atoms with Gasteiger partial charge in [-0.3, -0.25) is 4.79 Å². The van der Waals surface area contributed by atoms with Gasteiger partial charge in [0.15, 0.2) is 0 Å².